The molecule has 0 spiro atoms. The normalized spacial score (nSPS) is 18.6. The van der Waals surface area contributed by atoms with E-state index in [1.54, 1.807) is 24.5 Å². The summed E-state index contributed by atoms with van der Waals surface area (Å²) in [4.78, 5) is 23.0. The highest BCUT2D eigenvalue weighted by atomic mass is 32.2. The predicted molar refractivity (Wildman–Crippen MR) is 110 cm³/mol. The number of anilines is 1. The Balaban J connectivity index is 1.77. The lowest BCUT2D eigenvalue weighted by Crippen LogP contribution is -2.60. The number of alkyl halides is 3. The Labute approximate surface area is 175 Å². The number of piperazine rings is 1. The molecule has 0 saturated carbocycles. The van der Waals surface area contributed by atoms with Crippen molar-refractivity contribution in [3.05, 3.63) is 47.0 Å². The molecule has 3 aromatic rings. The smallest absolute Gasteiger partial charge is 0.346 e. The molecule has 0 aliphatic carbocycles. The summed E-state index contributed by atoms with van der Waals surface area (Å²) in [6.45, 7) is 0.343. The first-order valence-electron chi connectivity index (χ1n) is 9.58. The van der Waals surface area contributed by atoms with Gasteiger partial charge in [0.15, 0.2) is 0 Å². The van der Waals surface area contributed by atoms with Crippen LogP contribution in [0.15, 0.2) is 41.5 Å². The number of nitrogens with zero attached hydrogens (tertiary/aromatic N) is 3. The zero-order valence-corrected chi connectivity index (χ0v) is 17.3. The van der Waals surface area contributed by atoms with Crippen LogP contribution in [-0.4, -0.2) is 65.3 Å². The number of H-pyrrole nitrogens is 2. The van der Waals surface area contributed by atoms with Gasteiger partial charge in [-0.1, -0.05) is 0 Å². The highest BCUT2D eigenvalue weighted by molar-refractivity contribution is 7.89. The average Bonchev–Trinajstić information content (AvgIpc) is 3.21. The third kappa shape index (κ3) is 4.04. The summed E-state index contributed by atoms with van der Waals surface area (Å²) in [6, 6.07) is 4.16. The molecule has 8 nitrogen and oxygen atoms in total. The summed E-state index contributed by atoms with van der Waals surface area (Å²) in [7, 11) is -3.77. The van der Waals surface area contributed by atoms with Crippen molar-refractivity contribution in [1.29, 1.82) is 0 Å². The van der Waals surface area contributed by atoms with Gasteiger partial charge in [-0.2, -0.15) is 17.5 Å². The second-order valence-corrected chi connectivity index (χ2v) is 9.48. The van der Waals surface area contributed by atoms with Crippen LogP contribution in [0.2, 0.25) is 0 Å². The van der Waals surface area contributed by atoms with Crippen LogP contribution in [0, 0.1) is 0 Å². The van der Waals surface area contributed by atoms with Crippen molar-refractivity contribution >= 4 is 26.9 Å². The highest BCUT2D eigenvalue weighted by Gasteiger charge is 2.48. The van der Waals surface area contributed by atoms with E-state index in [1.807, 2.05) is 0 Å². The first kappa shape index (κ1) is 21.4. The van der Waals surface area contributed by atoms with E-state index in [2.05, 4.69) is 15.0 Å². The van der Waals surface area contributed by atoms with Gasteiger partial charge in [0.25, 0.3) is 0 Å². The van der Waals surface area contributed by atoms with Gasteiger partial charge < -0.3 is 14.9 Å². The molecule has 166 valence electrons. The SMILES string of the molecule is CCS(=O)(=O)N1CCN(c2cc(-c3ccnc4[nH]ccc34)cc(=O)[nH]2)C(C(F)(F)F)C1. The molecule has 4 rings (SSSR count). The van der Waals surface area contributed by atoms with Crippen LogP contribution in [0.4, 0.5) is 19.0 Å². The molecule has 1 saturated heterocycles. The lowest BCUT2D eigenvalue weighted by Gasteiger charge is -2.42. The number of halogens is 3. The van der Waals surface area contributed by atoms with Crippen LogP contribution in [0.5, 0.6) is 0 Å². The number of nitrogens with one attached hydrogen (secondary N) is 2. The Morgan fingerprint density at radius 1 is 1.23 bits per heavy atom. The molecule has 1 atom stereocenters. The molecule has 31 heavy (non-hydrogen) atoms. The maximum Gasteiger partial charge on any atom is 0.410 e. The van der Waals surface area contributed by atoms with Gasteiger partial charge in [-0.05, 0) is 36.2 Å². The first-order valence-corrected chi connectivity index (χ1v) is 11.2. The fourth-order valence-electron chi connectivity index (χ4n) is 3.81. The molecule has 0 radical (unpaired) electrons. The largest absolute Gasteiger partial charge is 0.410 e. The van der Waals surface area contributed by atoms with E-state index in [-0.39, 0.29) is 24.7 Å². The van der Waals surface area contributed by atoms with Crippen molar-refractivity contribution in [2.24, 2.45) is 0 Å². The molecule has 1 aliphatic heterocycles. The van der Waals surface area contributed by atoms with E-state index in [0.717, 1.165) is 14.6 Å². The molecule has 0 amide bonds. The van der Waals surface area contributed by atoms with Crippen molar-refractivity contribution < 1.29 is 21.6 Å². The first-order chi connectivity index (χ1) is 14.6. The van der Waals surface area contributed by atoms with Gasteiger partial charge in [0, 0.05) is 43.5 Å². The molecule has 2 N–H and O–H groups in total. The topological polar surface area (TPSA) is 102 Å². The zero-order valence-electron chi connectivity index (χ0n) is 16.5. The molecule has 12 heteroatoms. The summed E-state index contributed by atoms with van der Waals surface area (Å²) >= 11 is 0. The van der Waals surface area contributed by atoms with E-state index in [1.165, 1.54) is 19.1 Å². The number of hydrogen-bond donors (Lipinski definition) is 2. The number of pyridine rings is 2. The van der Waals surface area contributed by atoms with E-state index >= 15 is 0 Å². The van der Waals surface area contributed by atoms with Crippen LogP contribution >= 0.6 is 0 Å². The molecule has 0 aromatic carbocycles. The van der Waals surface area contributed by atoms with E-state index in [9.17, 15) is 26.4 Å². The Bertz CT molecular complexity index is 1270. The van der Waals surface area contributed by atoms with Crippen molar-refractivity contribution in [3.8, 4) is 11.1 Å². The van der Waals surface area contributed by atoms with Crippen LogP contribution in [0.25, 0.3) is 22.2 Å². The molecule has 1 aliphatic rings. The molecule has 3 aromatic heterocycles. The maximum atomic E-state index is 13.9. The van der Waals surface area contributed by atoms with Crippen molar-refractivity contribution in [1.82, 2.24) is 19.3 Å². The van der Waals surface area contributed by atoms with Crippen LogP contribution in [0.3, 0.4) is 0 Å². The second kappa shape index (κ2) is 7.68. The monoisotopic (exact) mass is 455 g/mol. The summed E-state index contributed by atoms with van der Waals surface area (Å²) in [5.41, 5.74) is 1.12. The number of sulfonamides is 1. The number of hydrogen-bond acceptors (Lipinski definition) is 5. The third-order valence-corrected chi connectivity index (χ3v) is 7.24. The quantitative estimate of drug-likeness (QED) is 0.629. The highest BCUT2D eigenvalue weighted by Crippen LogP contribution is 2.34. The van der Waals surface area contributed by atoms with Gasteiger partial charge in [0.2, 0.25) is 15.6 Å². The van der Waals surface area contributed by atoms with Gasteiger partial charge in [0.1, 0.15) is 17.5 Å². The molecular weight excluding hydrogens is 435 g/mol. The lowest BCUT2D eigenvalue weighted by atomic mass is 10.0. The van der Waals surface area contributed by atoms with Gasteiger partial charge in [-0.15, -0.1) is 0 Å². The fourth-order valence-corrected chi connectivity index (χ4v) is 4.91. The second-order valence-electron chi connectivity index (χ2n) is 7.23. The van der Waals surface area contributed by atoms with Crippen molar-refractivity contribution in [3.63, 3.8) is 0 Å². The minimum Gasteiger partial charge on any atom is -0.346 e. The number of aromatic amines is 2. The predicted octanol–water partition coefficient (Wildman–Crippen LogP) is 2.32. The number of aromatic nitrogens is 3. The van der Waals surface area contributed by atoms with Crippen LogP contribution < -0.4 is 10.5 Å². The summed E-state index contributed by atoms with van der Waals surface area (Å²) in [6.07, 6.45) is -1.47. The van der Waals surface area contributed by atoms with Gasteiger partial charge in [0.05, 0.1) is 5.75 Å². The maximum absolute atomic E-state index is 13.9. The summed E-state index contributed by atoms with van der Waals surface area (Å²) in [5.74, 6) is -0.294. The molecule has 1 fully saturated rings. The lowest BCUT2D eigenvalue weighted by molar-refractivity contribution is -0.153. The minimum absolute atomic E-state index is 0.0149. The van der Waals surface area contributed by atoms with Crippen molar-refractivity contribution in [2.75, 3.05) is 30.3 Å². The third-order valence-electron chi connectivity index (χ3n) is 5.39. The molecule has 0 bridgehead atoms. The average molecular weight is 455 g/mol. The molecule has 1 unspecified atom stereocenters. The van der Waals surface area contributed by atoms with E-state index in [0.29, 0.717) is 16.8 Å². The Hall–Kier alpha value is -2.86. The van der Waals surface area contributed by atoms with E-state index in [4.69, 9.17) is 0 Å². The van der Waals surface area contributed by atoms with Gasteiger partial charge in [-0.3, -0.25) is 4.79 Å². The standard InChI is InChI=1S/C19H20F3N5O3S/c1-2-31(29,30)26-7-8-27(15(11-26)19(20,21)22)16-9-12(10-17(28)25-16)13-3-5-23-18-14(13)4-6-24-18/h3-6,9-10,15H,2,7-8,11H2,1H3,(H,23,24)(H,25,28). The number of rotatable bonds is 4. The van der Waals surface area contributed by atoms with Crippen LogP contribution in [0.1, 0.15) is 6.92 Å². The molecule has 4 heterocycles. The van der Waals surface area contributed by atoms with Crippen LogP contribution in [-0.2, 0) is 10.0 Å². The minimum atomic E-state index is -4.70. The number of fused-ring (bicyclic) bond motifs is 1. The summed E-state index contributed by atoms with van der Waals surface area (Å²) in [5, 5.41) is 0.727. The van der Waals surface area contributed by atoms with Gasteiger partial charge >= 0.3 is 6.18 Å². The summed E-state index contributed by atoms with van der Waals surface area (Å²) < 4.78 is 66.7. The molecular formula is C19H20F3N5O3S. The fraction of sp³-hybridized carbons (Fsp3) is 0.368. The Morgan fingerprint density at radius 2 is 2.00 bits per heavy atom. The Morgan fingerprint density at radius 3 is 2.71 bits per heavy atom. The van der Waals surface area contributed by atoms with Gasteiger partial charge in [-0.25, -0.2) is 13.4 Å². The van der Waals surface area contributed by atoms with E-state index < -0.39 is 34.3 Å². The van der Waals surface area contributed by atoms with Crippen molar-refractivity contribution in [2.45, 2.75) is 19.1 Å². The zero-order chi connectivity index (χ0) is 22.4. The Kier molecular flexibility index (Phi) is 5.30.